The molecule has 6 atom stereocenters. The van der Waals surface area contributed by atoms with Crippen LogP contribution in [0.4, 0.5) is 0 Å². The third kappa shape index (κ3) is 16.3. The first-order valence-electron chi connectivity index (χ1n) is 11.4. The van der Waals surface area contributed by atoms with Crippen molar-refractivity contribution >= 4 is 11.9 Å². The molecule has 0 spiro atoms. The maximum atomic E-state index is 11.8. The van der Waals surface area contributed by atoms with Crippen molar-refractivity contribution < 1.29 is 73.4 Å². The summed E-state index contributed by atoms with van der Waals surface area (Å²) in [5.41, 5.74) is 0. The van der Waals surface area contributed by atoms with Gasteiger partial charge in [-0.15, -0.1) is 0 Å². The van der Waals surface area contributed by atoms with Crippen LogP contribution in [-0.2, 0) is 42.7 Å². The summed E-state index contributed by atoms with van der Waals surface area (Å²) in [5, 5.41) is 55.6. The molecule has 0 saturated carbocycles. The predicted molar refractivity (Wildman–Crippen MR) is 118 cm³/mol. The van der Waals surface area contributed by atoms with Gasteiger partial charge in [0.1, 0.15) is 18.8 Å². The highest BCUT2D eigenvalue weighted by molar-refractivity contribution is 5.76. The van der Waals surface area contributed by atoms with E-state index in [1.807, 2.05) is 0 Å². The first-order valence-corrected chi connectivity index (χ1v) is 11.4. The lowest BCUT2D eigenvalue weighted by Gasteiger charge is -2.28. The number of carbonyl (C=O) groups excluding carboxylic acids is 1. The largest absolute Gasteiger partial charge is 0.481 e. The number of carboxylic acids is 1. The van der Waals surface area contributed by atoms with E-state index in [-0.39, 0.29) is 26.2 Å². The van der Waals surface area contributed by atoms with Gasteiger partial charge in [0.15, 0.2) is 18.9 Å². The standard InChI is InChI=1S/C21H40O15/c1-3-14(6-22)34-20(9-25)33-13-16(12-31-18(29)5-4-17(27)28)36-21(10-26)32-11-15(7-23)35-19(8-24)30-2/h14-16,19-26H,3-13H2,1-2H3,(H,27,28). The maximum absolute atomic E-state index is 11.8. The number of esters is 1. The molecule has 36 heavy (non-hydrogen) atoms. The molecule has 0 radical (unpaired) electrons. The molecule has 0 aliphatic heterocycles. The lowest BCUT2D eigenvalue weighted by atomic mass is 10.3. The van der Waals surface area contributed by atoms with Crippen molar-refractivity contribution in [1.29, 1.82) is 0 Å². The molecule has 0 aromatic heterocycles. The fourth-order valence-corrected chi connectivity index (χ4v) is 2.51. The zero-order valence-corrected chi connectivity index (χ0v) is 20.6. The highest BCUT2D eigenvalue weighted by Crippen LogP contribution is 2.10. The second kappa shape index (κ2) is 21.6. The van der Waals surface area contributed by atoms with Crippen LogP contribution >= 0.6 is 0 Å². The molecule has 0 rings (SSSR count). The molecule has 0 aliphatic carbocycles. The van der Waals surface area contributed by atoms with Gasteiger partial charge in [0.05, 0.1) is 65.2 Å². The quantitative estimate of drug-likeness (QED) is 0.0562. The Kier molecular flexibility index (Phi) is 20.7. The van der Waals surface area contributed by atoms with E-state index in [4.69, 9.17) is 43.4 Å². The summed E-state index contributed by atoms with van der Waals surface area (Å²) in [4.78, 5) is 22.4. The summed E-state index contributed by atoms with van der Waals surface area (Å²) < 4.78 is 37.0. The molecule has 0 fully saturated rings. The van der Waals surface area contributed by atoms with Gasteiger partial charge in [-0.05, 0) is 6.42 Å². The van der Waals surface area contributed by atoms with Crippen molar-refractivity contribution in [2.75, 3.05) is 60.0 Å². The Morgan fingerprint density at radius 3 is 1.61 bits per heavy atom. The van der Waals surface area contributed by atoms with Crippen LogP contribution in [0.15, 0.2) is 0 Å². The molecule has 6 N–H and O–H groups in total. The second-order valence-electron chi connectivity index (χ2n) is 7.36. The van der Waals surface area contributed by atoms with Gasteiger partial charge < -0.3 is 63.8 Å². The second-order valence-corrected chi connectivity index (χ2v) is 7.36. The Bertz CT molecular complexity index is 555. The average molecular weight is 533 g/mol. The number of aliphatic hydroxyl groups is 5. The fraction of sp³-hybridized carbons (Fsp3) is 0.905. The molecule has 15 heteroatoms. The van der Waals surface area contributed by atoms with Crippen LogP contribution in [0.2, 0.25) is 0 Å². The summed E-state index contributed by atoms with van der Waals surface area (Å²) in [6.45, 7) is -1.70. The molecular formula is C21H40O15. The minimum Gasteiger partial charge on any atom is -0.481 e. The number of aliphatic carboxylic acids is 1. The molecule has 214 valence electrons. The van der Waals surface area contributed by atoms with E-state index in [2.05, 4.69) is 0 Å². The highest BCUT2D eigenvalue weighted by atomic mass is 16.7. The van der Waals surface area contributed by atoms with Crippen LogP contribution in [0, 0.1) is 0 Å². The van der Waals surface area contributed by atoms with E-state index in [1.54, 1.807) is 6.92 Å². The predicted octanol–water partition coefficient (Wildman–Crippen LogP) is -2.42. The Labute approximate surface area is 209 Å². The molecule has 0 aromatic rings. The van der Waals surface area contributed by atoms with E-state index in [0.717, 1.165) is 0 Å². The summed E-state index contributed by atoms with van der Waals surface area (Å²) in [7, 11) is 1.30. The minimum absolute atomic E-state index is 0.273. The number of carboxylic acid groups (broad SMARTS) is 1. The van der Waals surface area contributed by atoms with Gasteiger partial charge in [-0.1, -0.05) is 6.92 Å². The van der Waals surface area contributed by atoms with E-state index >= 15 is 0 Å². The van der Waals surface area contributed by atoms with Crippen molar-refractivity contribution in [3.63, 3.8) is 0 Å². The monoisotopic (exact) mass is 532 g/mol. The highest BCUT2D eigenvalue weighted by Gasteiger charge is 2.24. The maximum Gasteiger partial charge on any atom is 0.306 e. The van der Waals surface area contributed by atoms with Gasteiger partial charge in [0, 0.05) is 7.11 Å². The number of hydrogen-bond acceptors (Lipinski definition) is 14. The van der Waals surface area contributed by atoms with Crippen LogP contribution in [0.5, 0.6) is 0 Å². The van der Waals surface area contributed by atoms with Crippen molar-refractivity contribution in [2.45, 2.75) is 63.4 Å². The van der Waals surface area contributed by atoms with Gasteiger partial charge in [-0.3, -0.25) is 9.59 Å². The summed E-state index contributed by atoms with van der Waals surface area (Å²) in [6, 6.07) is 0. The molecule has 0 saturated heterocycles. The Morgan fingerprint density at radius 1 is 0.667 bits per heavy atom. The molecule has 0 bridgehead atoms. The van der Waals surface area contributed by atoms with Crippen molar-refractivity contribution in [3.8, 4) is 0 Å². The lowest BCUT2D eigenvalue weighted by molar-refractivity contribution is -0.252. The zero-order chi connectivity index (χ0) is 27.3. The first kappa shape index (κ1) is 34.5. The van der Waals surface area contributed by atoms with Gasteiger partial charge in [0.25, 0.3) is 0 Å². The van der Waals surface area contributed by atoms with E-state index < -0.39 is 88.6 Å². The number of hydrogen-bond donors (Lipinski definition) is 6. The summed E-state index contributed by atoms with van der Waals surface area (Å²) in [5.74, 6) is -1.98. The number of methoxy groups -OCH3 is 1. The number of ether oxygens (including phenoxy) is 7. The van der Waals surface area contributed by atoms with Crippen LogP contribution in [0.25, 0.3) is 0 Å². The lowest BCUT2D eigenvalue weighted by Crippen LogP contribution is -2.39. The van der Waals surface area contributed by atoms with Crippen LogP contribution in [0.1, 0.15) is 26.2 Å². The number of rotatable bonds is 24. The van der Waals surface area contributed by atoms with Crippen LogP contribution < -0.4 is 0 Å². The smallest absolute Gasteiger partial charge is 0.306 e. The van der Waals surface area contributed by atoms with Gasteiger partial charge in [-0.2, -0.15) is 0 Å². The van der Waals surface area contributed by atoms with Gasteiger partial charge in [0.2, 0.25) is 0 Å². The van der Waals surface area contributed by atoms with E-state index in [1.165, 1.54) is 7.11 Å². The van der Waals surface area contributed by atoms with E-state index in [9.17, 15) is 30.0 Å². The first-order chi connectivity index (χ1) is 17.3. The van der Waals surface area contributed by atoms with Crippen LogP contribution in [-0.4, -0.2) is 140 Å². The Balaban J connectivity index is 5.09. The normalized spacial score (nSPS) is 16.6. The van der Waals surface area contributed by atoms with E-state index in [0.29, 0.717) is 6.42 Å². The Hall–Kier alpha value is -1.50. The molecule has 15 nitrogen and oxygen atoms in total. The molecule has 0 amide bonds. The van der Waals surface area contributed by atoms with Gasteiger partial charge >= 0.3 is 11.9 Å². The topological polar surface area (TPSA) is 220 Å². The van der Waals surface area contributed by atoms with Gasteiger partial charge in [-0.25, -0.2) is 0 Å². The molecule has 0 aliphatic rings. The molecule has 0 heterocycles. The van der Waals surface area contributed by atoms with Crippen LogP contribution in [0.3, 0.4) is 0 Å². The average Bonchev–Trinajstić information content (AvgIpc) is 2.89. The Morgan fingerprint density at radius 2 is 1.17 bits per heavy atom. The third-order valence-corrected chi connectivity index (χ3v) is 4.51. The summed E-state index contributed by atoms with van der Waals surface area (Å²) >= 11 is 0. The SMILES string of the molecule is CCC(CO)OC(CO)OCC(COC(=O)CCC(=O)O)OC(CO)OCC(CO)OC(CO)OC. The zero-order valence-electron chi connectivity index (χ0n) is 20.6. The third-order valence-electron chi connectivity index (χ3n) is 4.51. The number of aliphatic hydroxyl groups excluding tert-OH is 5. The molecular weight excluding hydrogens is 492 g/mol. The molecule has 0 aromatic carbocycles. The minimum atomic E-state index is -1.29. The van der Waals surface area contributed by atoms with Crippen molar-refractivity contribution in [1.82, 2.24) is 0 Å². The fourth-order valence-electron chi connectivity index (χ4n) is 2.51. The van der Waals surface area contributed by atoms with Crippen molar-refractivity contribution in [2.24, 2.45) is 0 Å². The van der Waals surface area contributed by atoms with Crippen molar-refractivity contribution in [3.05, 3.63) is 0 Å². The number of carbonyl (C=O) groups is 2. The summed E-state index contributed by atoms with van der Waals surface area (Å²) in [6.07, 6.45) is -6.37. The molecule has 6 unspecified atom stereocenters.